The molecule has 104 valence electrons. The Hall–Kier alpha value is -1.30. The maximum atomic E-state index is 11.9. The Labute approximate surface area is 122 Å². The summed E-state index contributed by atoms with van der Waals surface area (Å²) < 4.78 is 0. The van der Waals surface area contributed by atoms with Gasteiger partial charge in [-0.25, -0.2) is 0 Å². The van der Waals surface area contributed by atoms with Crippen LogP contribution in [0.25, 0.3) is 10.9 Å². The normalized spacial score (nSPS) is 12.3. The van der Waals surface area contributed by atoms with Crippen LogP contribution in [-0.4, -0.2) is 22.1 Å². The van der Waals surface area contributed by atoms with Crippen LogP contribution in [-0.2, 0) is 4.79 Å². The topological polar surface area (TPSA) is 83.8 Å². The van der Waals surface area contributed by atoms with E-state index < -0.39 is 6.04 Å². The molecule has 1 heterocycles. The molecule has 0 saturated carbocycles. The fourth-order valence-electron chi connectivity index (χ4n) is 1.61. The smallest absolute Gasteiger partial charge is 0.242 e. The Morgan fingerprint density at radius 1 is 1.47 bits per heavy atom. The van der Waals surface area contributed by atoms with Gasteiger partial charge in [0.15, 0.2) is 5.82 Å². The van der Waals surface area contributed by atoms with E-state index in [2.05, 4.69) is 15.5 Å². The van der Waals surface area contributed by atoms with Gasteiger partial charge in [-0.3, -0.25) is 9.89 Å². The van der Waals surface area contributed by atoms with Gasteiger partial charge in [0, 0.05) is 5.39 Å². The lowest BCUT2D eigenvalue weighted by Gasteiger charge is -2.14. The first-order valence-corrected chi connectivity index (χ1v) is 6.07. The molecule has 0 aliphatic rings. The van der Waals surface area contributed by atoms with E-state index in [4.69, 9.17) is 17.3 Å². The number of nitrogens with one attached hydrogen (secondary N) is 2. The van der Waals surface area contributed by atoms with Gasteiger partial charge < -0.3 is 11.1 Å². The summed E-state index contributed by atoms with van der Waals surface area (Å²) >= 11 is 6.01. The Kier molecular flexibility index (Phi) is 5.17. The second-order valence-corrected chi connectivity index (χ2v) is 4.90. The Morgan fingerprint density at radius 2 is 2.16 bits per heavy atom. The number of anilines is 1. The van der Waals surface area contributed by atoms with Crippen molar-refractivity contribution in [1.29, 1.82) is 0 Å². The first-order valence-electron chi connectivity index (χ1n) is 5.69. The molecule has 1 aromatic heterocycles. The maximum Gasteiger partial charge on any atom is 0.242 e. The van der Waals surface area contributed by atoms with Gasteiger partial charge in [-0.2, -0.15) is 5.10 Å². The highest BCUT2D eigenvalue weighted by Gasteiger charge is 2.19. The van der Waals surface area contributed by atoms with Gasteiger partial charge >= 0.3 is 0 Å². The van der Waals surface area contributed by atoms with Crippen molar-refractivity contribution in [1.82, 2.24) is 10.2 Å². The number of rotatable bonds is 3. The number of benzene rings is 1. The first-order chi connectivity index (χ1) is 8.50. The van der Waals surface area contributed by atoms with Crippen molar-refractivity contribution in [3.05, 3.63) is 23.2 Å². The van der Waals surface area contributed by atoms with Gasteiger partial charge in [0.2, 0.25) is 5.91 Å². The second kappa shape index (κ2) is 6.23. The Bertz CT molecular complexity index is 582. The van der Waals surface area contributed by atoms with Gasteiger partial charge in [0.1, 0.15) is 0 Å². The summed E-state index contributed by atoms with van der Waals surface area (Å²) in [6.45, 7) is 3.79. The molecule has 0 fully saturated rings. The highest BCUT2D eigenvalue weighted by Crippen LogP contribution is 2.26. The minimum Gasteiger partial charge on any atom is -0.320 e. The van der Waals surface area contributed by atoms with E-state index in [1.165, 1.54) is 0 Å². The van der Waals surface area contributed by atoms with Crippen molar-refractivity contribution in [3.63, 3.8) is 0 Å². The highest BCUT2D eigenvalue weighted by atomic mass is 35.5. The molecule has 7 heteroatoms. The van der Waals surface area contributed by atoms with E-state index in [9.17, 15) is 4.79 Å². The molecule has 1 amide bonds. The zero-order chi connectivity index (χ0) is 13.3. The molecule has 0 bridgehead atoms. The van der Waals surface area contributed by atoms with Gasteiger partial charge in [-0.05, 0) is 18.1 Å². The number of H-pyrrole nitrogens is 1. The Morgan fingerprint density at radius 3 is 2.79 bits per heavy atom. The van der Waals surface area contributed by atoms with Crippen LogP contribution in [0.1, 0.15) is 13.8 Å². The molecule has 0 saturated heterocycles. The molecular formula is C12H16Cl2N4O. The van der Waals surface area contributed by atoms with E-state index in [1.54, 1.807) is 12.1 Å². The lowest BCUT2D eigenvalue weighted by Crippen LogP contribution is -2.39. The molecular weight excluding hydrogens is 287 g/mol. The number of aromatic amines is 1. The number of hydrogen-bond donors (Lipinski definition) is 3. The molecule has 2 aromatic rings. The van der Waals surface area contributed by atoms with Crippen LogP contribution in [0.4, 0.5) is 5.82 Å². The third-order valence-corrected chi connectivity index (χ3v) is 3.13. The number of nitrogens with zero attached hydrogens (tertiary/aromatic N) is 1. The number of nitrogens with two attached hydrogens (primary N) is 1. The van der Waals surface area contributed by atoms with Crippen LogP contribution in [0.2, 0.25) is 5.02 Å². The number of hydrogen-bond acceptors (Lipinski definition) is 3. The van der Waals surface area contributed by atoms with Gasteiger partial charge in [-0.1, -0.05) is 31.5 Å². The summed E-state index contributed by atoms with van der Waals surface area (Å²) in [6.07, 6.45) is 0. The SMILES string of the molecule is CC(C)[C@H](N)C(=O)Nc1n[nH]c2c(Cl)cccc12.Cl. The number of para-hydroxylation sites is 1. The third kappa shape index (κ3) is 3.18. The fourth-order valence-corrected chi connectivity index (χ4v) is 1.82. The van der Waals surface area contributed by atoms with E-state index in [-0.39, 0.29) is 24.2 Å². The molecule has 0 spiro atoms. The number of carbonyl (C=O) groups excluding carboxylic acids is 1. The number of aromatic nitrogens is 2. The average Bonchev–Trinajstić information content (AvgIpc) is 2.73. The lowest BCUT2D eigenvalue weighted by atomic mass is 10.1. The van der Waals surface area contributed by atoms with Crippen molar-refractivity contribution in [2.24, 2.45) is 11.7 Å². The van der Waals surface area contributed by atoms with Crippen molar-refractivity contribution in [3.8, 4) is 0 Å². The van der Waals surface area contributed by atoms with E-state index >= 15 is 0 Å². The van der Waals surface area contributed by atoms with E-state index in [0.29, 0.717) is 16.4 Å². The quantitative estimate of drug-likeness (QED) is 0.814. The van der Waals surface area contributed by atoms with Gasteiger partial charge in [0.05, 0.1) is 16.6 Å². The van der Waals surface area contributed by atoms with E-state index in [1.807, 2.05) is 19.9 Å². The third-order valence-electron chi connectivity index (χ3n) is 2.81. The van der Waals surface area contributed by atoms with Crippen LogP contribution in [0.15, 0.2) is 18.2 Å². The van der Waals surface area contributed by atoms with Crippen molar-refractivity contribution in [2.75, 3.05) is 5.32 Å². The minimum atomic E-state index is -0.559. The largest absolute Gasteiger partial charge is 0.320 e. The molecule has 0 aliphatic heterocycles. The molecule has 5 nitrogen and oxygen atoms in total. The molecule has 0 aliphatic carbocycles. The number of amides is 1. The van der Waals surface area contributed by atoms with Crippen molar-refractivity contribution in [2.45, 2.75) is 19.9 Å². The summed E-state index contributed by atoms with van der Waals surface area (Å²) in [5, 5.41) is 10.9. The predicted octanol–water partition coefficient (Wildman–Crippen LogP) is 2.56. The van der Waals surface area contributed by atoms with E-state index in [0.717, 1.165) is 5.39 Å². The summed E-state index contributed by atoms with van der Waals surface area (Å²) in [5.41, 5.74) is 6.48. The monoisotopic (exact) mass is 302 g/mol. The van der Waals surface area contributed by atoms with Crippen molar-refractivity contribution < 1.29 is 4.79 Å². The van der Waals surface area contributed by atoms with Gasteiger partial charge in [-0.15, -0.1) is 12.4 Å². The lowest BCUT2D eigenvalue weighted by molar-refractivity contribution is -0.118. The zero-order valence-corrected chi connectivity index (χ0v) is 12.2. The molecule has 0 radical (unpaired) electrons. The summed E-state index contributed by atoms with van der Waals surface area (Å²) in [5.74, 6) is 0.269. The predicted molar refractivity (Wildman–Crippen MR) is 79.8 cm³/mol. The highest BCUT2D eigenvalue weighted by molar-refractivity contribution is 6.35. The van der Waals surface area contributed by atoms with Crippen LogP contribution in [0.5, 0.6) is 0 Å². The summed E-state index contributed by atoms with van der Waals surface area (Å²) in [4.78, 5) is 11.9. The Balaban J connectivity index is 0.00000180. The van der Waals surface area contributed by atoms with Crippen LogP contribution in [0, 0.1) is 5.92 Å². The molecule has 0 unspecified atom stereocenters. The second-order valence-electron chi connectivity index (χ2n) is 4.49. The first kappa shape index (κ1) is 15.8. The minimum absolute atomic E-state index is 0. The molecule has 19 heavy (non-hydrogen) atoms. The average molecular weight is 303 g/mol. The standard InChI is InChI=1S/C12H15ClN4O.ClH/c1-6(2)9(14)12(18)15-11-7-4-3-5-8(13)10(7)16-17-11;/h3-6,9H,14H2,1-2H3,(H2,15,16,17,18);1H/t9-;/m0./s1. The molecule has 4 N–H and O–H groups in total. The zero-order valence-electron chi connectivity index (χ0n) is 10.6. The fraction of sp³-hybridized carbons (Fsp3) is 0.333. The number of halogens is 2. The van der Waals surface area contributed by atoms with Crippen LogP contribution < -0.4 is 11.1 Å². The van der Waals surface area contributed by atoms with Crippen molar-refractivity contribution >= 4 is 46.6 Å². The molecule has 2 rings (SSSR count). The van der Waals surface area contributed by atoms with Gasteiger partial charge in [0.25, 0.3) is 0 Å². The maximum absolute atomic E-state index is 11.9. The number of carbonyl (C=O) groups is 1. The number of fused-ring (bicyclic) bond motifs is 1. The molecule has 1 atom stereocenters. The van der Waals surface area contributed by atoms with Crippen LogP contribution >= 0.6 is 24.0 Å². The van der Waals surface area contributed by atoms with Crippen LogP contribution in [0.3, 0.4) is 0 Å². The summed E-state index contributed by atoms with van der Waals surface area (Å²) in [6, 6.07) is 4.84. The molecule has 1 aromatic carbocycles. The summed E-state index contributed by atoms with van der Waals surface area (Å²) in [7, 11) is 0.